The average molecular weight is 368 g/mol. The van der Waals surface area contributed by atoms with E-state index in [4.69, 9.17) is 9.47 Å². The standard InChI is InChI=1S/C21H24N2O4/c1-14-6-8-16(9-7-14)23-21(25)18-11-19(24)20(12-22-18)27-13-15-4-3-5-17(10-15)26-2/h3-10,18,20,22H,11-13H2,1-2H3,(H,23,25). The predicted molar refractivity (Wildman–Crippen MR) is 103 cm³/mol. The summed E-state index contributed by atoms with van der Waals surface area (Å²) in [5.41, 5.74) is 2.77. The summed E-state index contributed by atoms with van der Waals surface area (Å²) in [4.78, 5) is 24.8. The molecule has 1 aliphatic rings. The van der Waals surface area contributed by atoms with Gasteiger partial charge in [0.1, 0.15) is 11.9 Å². The van der Waals surface area contributed by atoms with Crippen molar-refractivity contribution < 1.29 is 19.1 Å². The van der Waals surface area contributed by atoms with Crippen LogP contribution in [0.5, 0.6) is 5.75 Å². The summed E-state index contributed by atoms with van der Waals surface area (Å²) in [5.74, 6) is 0.469. The van der Waals surface area contributed by atoms with Crippen LogP contribution < -0.4 is 15.4 Å². The van der Waals surface area contributed by atoms with Crippen LogP contribution in [0.2, 0.25) is 0 Å². The Labute approximate surface area is 158 Å². The van der Waals surface area contributed by atoms with Gasteiger partial charge < -0.3 is 20.1 Å². The fourth-order valence-corrected chi connectivity index (χ4v) is 2.93. The number of carbonyl (C=O) groups excluding carboxylic acids is 2. The smallest absolute Gasteiger partial charge is 0.241 e. The Bertz CT molecular complexity index is 804. The number of piperidine rings is 1. The highest BCUT2D eigenvalue weighted by Crippen LogP contribution is 2.16. The number of methoxy groups -OCH3 is 1. The molecule has 6 nitrogen and oxygen atoms in total. The molecule has 27 heavy (non-hydrogen) atoms. The van der Waals surface area contributed by atoms with Crippen molar-refractivity contribution in [1.82, 2.24) is 5.32 Å². The molecule has 2 unspecified atom stereocenters. The van der Waals surface area contributed by atoms with Gasteiger partial charge >= 0.3 is 0 Å². The number of rotatable bonds is 6. The third-order valence-corrected chi connectivity index (χ3v) is 4.53. The van der Waals surface area contributed by atoms with Gasteiger partial charge in [-0.2, -0.15) is 0 Å². The number of ether oxygens (including phenoxy) is 2. The van der Waals surface area contributed by atoms with Gasteiger partial charge in [0, 0.05) is 18.7 Å². The van der Waals surface area contributed by atoms with E-state index < -0.39 is 12.1 Å². The van der Waals surface area contributed by atoms with Gasteiger partial charge in [-0.1, -0.05) is 29.8 Å². The Kier molecular flexibility index (Phi) is 6.21. The van der Waals surface area contributed by atoms with E-state index in [9.17, 15) is 9.59 Å². The maximum atomic E-state index is 12.4. The van der Waals surface area contributed by atoms with Crippen LogP contribution in [-0.2, 0) is 20.9 Å². The first-order chi connectivity index (χ1) is 13.0. The molecule has 0 saturated carbocycles. The van der Waals surface area contributed by atoms with Gasteiger partial charge in [-0.15, -0.1) is 0 Å². The number of carbonyl (C=O) groups is 2. The molecule has 0 spiro atoms. The molecule has 2 aromatic rings. The lowest BCUT2D eigenvalue weighted by molar-refractivity contribution is -0.137. The molecule has 1 fully saturated rings. The summed E-state index contributed by atoms with van der Waals surface area (Å²) >= 11 is 0. The normalized spacial score (nSPS) is 19.6. The molecule has 2 aromatic carbocycles. The number of benzene rings is 2. The summed E-state index contributed by atoms with van der Waals surface area (Å²) in [7, 11) is 1.61. The van der Waals surface area contributed by atoms with Crippen LogP contribution in [0, 0.1) is 6.92 Å². The van der Waals surface area contributed by atoms with Gasteiger partial charge in [0.15, 0.2) is 5.78 Å². The number of anilines is 1. The third-order valence-electron chi connectivity index (χ3n) is 4.53. The van der Waals surface area contributed by atoms with E-state index in [1.807, 2.05) is 55.5 Å². The van der Waals surface area contributed by atoms with Crippen molar-refractivity contribution >= 4 is 17.4 Å². The molecule has 142 valence electrons. The van der Waals surface area contributed by atoms with Crippen molar-refractivity contribution in [3.05, 3.63) is 59.7 Å². The van der Waals surface area contributed by atoms with Gasteiger partial charge in [-0.25, -0.2) is 0 Å². The van der Waals surface area contributed by atoms with E-state index in [0.29, 0.717) is 13.2 Å². The van der Waals surface area contributed by atoms with Crippen molar-refractivity contribution in [3.8, 4) is 5.75 Å². The van der Waals surface area contributed by atoms with Crippen LogP contribution in [0.3, 0.4) is 0 Å². The molecular weight excluding hydrogens is 344 g/mol. The van der Waals surface area contributed by atoms with Gasteiger partial charge in [-0.05, 0) is 36.8 Å². The minimum Gasteiger partial charge on any atom is -0.497 e. The van der Waals surface area contributed by atoms with Gasteiger partial charge in [0.05, 0.1) is 19.8 Å². The fourth-order valence-electron chi connectivity index (χ4n) is 2.93. The molecule has 2 atom stereocenters. The molecule has 1 saturated heterocycles. The molecule has 1 heterocycles. The molecule has 3 rings (SSSR count). The maximum absolute atomic E-state index is 12.4. The Morgan fingerprint density at radius 3 is 2.70 bits per heavy atom. The number of ketones is 1. The summed E-state index contributed by atoms with van der Waals surface area (Å²) < 4.78 is 10.9. The Morgan fingerprint density at radius 1 is 1.22 bits per heavy atom. The van der Waals surface area contributed by atoms with Crippen molar-refractivity contribution in [3.63, 3.8) is 0 Å². The molecule has 0 bridgehead atoms. The number of hydrogen-bond acceptors (Lipinski definition) is 5. The topological polar surface area (TPSA) is 76.7 Å². The largest absolute Gasteiger partial charge is 0.497 e. The molecule has 1 aliphatic heterocycles. The van der Waals surface area contributed by atoms with E-state index in [-0.39, 0.29) is 18.1 Å². The zero-order valence-electron chi connectivity index (χ0n) is 15.5. The van der Waals surface area contributed by atoms with E-state index in [1.54, 1.807) is 7.11 Å². The second-order valence-corrected chi connectivity index (χ2v) is 6.64. The first-order valence-electron chi connectivity index (χ1n) is 8.93. The SMILES string of the molecule is COc1cccc(COC2CNC(C(=O)Nc3ccc(C)cc3)CC2=O)c1. The Hall–Kier alpha value is -2.70. The highest BCUT2D eigenvalue weighted by Gasteiger charge is 2.32. The van der Waals surface area contributed by atoms with E-state index in [1.165, 1.54) is 0 Å². The molecule has 2 N–H and O–H groups in total. The summed E-state index contributed by atoms with van der Waals surface area (Å²) in [6, 6.07) is 14.5. The van der Waals surface area contributed by atoms with E-state index in [0.717, 1.165) is 22.6 Å². The lowest BCUT2D eigenvalue weighted by Crippen LogP contribution is -2.53. The highest BCUT2D eigenvalue weighted by atomic mass is 16.5. The van der Waals surface area contributed by atoms with Gasteiger partial charge in [0.25, 0.3) is 0 Å². The summed E-state index contributed by atoms with van der Waals surface area (Å²) in [5, 5.41) is 5.94. The van der Waals surface area contributed by atoms with Crippen molar-refractivity contribution in [2.45, 2.75) is 32.1 Å². The first kappa shape index (κ1) is 19.1. The number of amides is 1. The lowest BCUT2D eigenvalue weighted by Gasteiger charge is -2.28. The summed E-state index contributed by atoms with van der Waals surface area (Å²) in [6.07, 6.45) is -0.444. The minimum absolute atomic E-state index is 0.0688. The van der Waals surface area contributed by atoms with Crippen LogP contribution in [0.25, 0.3) is 0 Å². The van der Waals surface area contributed by atoms with Gasteiger partial charge in [0.2, 0.25) is 5.91 Å². The number of hydrogen-bond donors (Lipinski definition) is 2. The Morgan fingerprint density at radius 2 is 2.00 bits per heavy atom. The van der Waals surface area contributed by atoms with Crippen LogP contribution in [0.4, 0.5) is 5.69 Å². The number of nitrogens with one attached hydrogen (secondary N) is 2. The second kappa shape index (κ2) is 8.79. The molecule has 0 radical (unpaired) electrons. The monoisotopic (exact) mass is 368 g/mol. The average Bonchev–Trinajstić information content (AvgIpc) is 2.69. The molecular formula is C21H24N2O4. The van der Waals surface area contributed by atoms with Crippen molar-refractivity contribution in [2.75, 3.05) is 19.0 Å². The zero-order chi connectivity index (χ0) is 19.2. The maximum Gasteiger partial charge on any atom is 0.241 e. The summed E-state index contributed by atoms with van der Waals surface area (Å²) in [6.45, 7) is 2.61. The number of aryl methyl sites for hydroxylation is 1. The predicted octanol–water partition coefficient (Wildman–Crippen LogP) is 2.46. The van der Waals surface area contributed by atoms with Crippen LogP contribution in [0.1, 0.15) is 17.5 Å². The van der Waals surface area contributed by atoms with Crippen LogP contribution in [-0.4, -0.2) is 37.5 Å². The molecule has 6 heteroatoms. The van der Waals surface area contributed by atoms with Crippen molar-refractivity contribution in [2.24, 2.45) is 0 Å². The third kappa shape index (κ3) is 5.15. The lowest BCUT2D eigenvalue weighted by atomic mass is 10.0. The molecule has 1 amide bonds. The fraction of sp³-hybridized carbons (Fsp3) is 0.333. The minimum atomic E-state index is -0.556. The van der Waals surface area contributed by atoms with Crippen LogP contribution in [0.15, 0.2) is 48.5 Å². The molecule has 0 aliphatic carbocycles. The number of Topliss-reactive ketones (excluding diaryl/α,β-unsaturated/α-hetero) is 1. The molecule has 0 aromatic heterocycles. The highest BCUT2D eigenvalue weighted by molar-refractivity contribution is 5.99. The van der Waals surface area contributed by atoms with E-state index in [2.05, 4.69) is 10.6 Å². The quantitative estimate of drug-likeness (QED) is 0.819. The van der Waals surface area contributed by atoms with Gasteiger partial charge in [-0.3, -0.25) is 9.59 Å². The zero-order valence-corrected chi connectivity index (χ0v) is 15.5. The second-order valence-electron chi connectivity index (χ2n) is 6.64. The van der Waals surface area contributed by atoms with Crippen molar-refractivity contribution in [1.29, 1.82) is 0 Å². The van der Waals surface area contributed by atoms with E-state index >= 15 is 0 Å². The first-order valence-corrected chi connectivity index (χ1v) is 8.93. The van der Waals surface area contributed by atoms with Crippen LogP contribution >= 0.6 is 0 Å². The Balaban J connectivity index is 1.50.